The van der Waals surface area contributed by atoms with E-state index in [4.69, 9.17) is 5.11 Å². The van der Waals surface area contributed by atoms with Crippen molar-refractivity contribution in [1.29, 1.82) is 0 Å². The molecule has 0 bridgehead atoms. The minimum atomic E-state index is -1.14. The summed E-state index contributed by atoms with van der Waals surface area (Å²) in [6.45, 7) is 0. The van der Waals surface area contributed by atoms with Crippen molar-refractivity contribution in [3.05, 3.63) is 98.2 Å². The highest BCUT2D eigenvalue weighted by Gasteiger charge is 1.98. The van der Waals surface area contributed by atoms with Gasteiger partial charge >= 0.3 is 6.09 Å². The lowest BCUT2D eigenvalue weighted by Crippen LogP contribution is -2.05. The van der Waals surface area contributed by atoms with E-state index in [1.54, 1.807) is 36.9 Å². The van der Waals surface area contributed by atoms with Crippen molar-refractivity contribution in [3.63, 3.8) is 0 Å². The second kappa shape index (κ2) is 9.54. The SMILES string of the molecule is O=C(O)n1ccncccncc2c(cccncc1)cnc1ccccc12. The topological polar surface area (TPSA) is 93.8 Å². The van der Waals surface area contributed by atoms with Crippen molar-refractivity contribution < 1.29 is 9.90 Å². The molecule has 0 unspecified atom stereocenters. The van der Waals surface area contributed by atoms with Gasteiger partial charge in [-0.25, -0.2) is 4.79 Å². The molecule has 0 saturated carbocycles. The molecular weight excluding hydrogens is 354 g/mol. The standard InChI is InChI=1S/C21H17N5O2/c27-21(28)26-13-11-22-8-3-5-17-15-25-20-7-2-1-6-18(20)19(17)16-24-10-4-9-23-12-14-26/h1-16H,(H,27,28). The van der Waals surface area contributed by atoms with Crippen LogP contribution < -0.4 is 0 Å². The number of hydrogen-bond donors (Lipinski definition) is 1. The number of carbonyl (C=O) groups is 1. The van der Waals surface area contributed by atoms with E-state index >= 15 is 0 Å². The molecule has 2 heterocycles. The maximum Gasteiger partial charge on any atom is 0.415 e. The van der Waals surface area contributed by atoms with Gasteiger partial charge in [0, 0.05) is 71.9 Å². The first kappa shape index (κ1) is 18.7. The minimum absolute atomic E-state index is 0.882. The van der Waals surface area contributed by atoms with E-state index < -0.39 is 6.09 Å². The molecule has 0 fully saturated rings. The van der Waals surface area contributed by atoms with Gasteiger partial charge in [0.05, 0.1) is 5.52 Å². The average molecular weight is 371 g/mol. The number of carboxylic acid groups (broad SMARTS) is 1. The van der Waals surface area contributed by atoms with E-state index in [0.717, 1.165) is 26.2 Å². The summed E-state index contributed by atoms with van der Waals surface area (Å²) in [5.74, 6) is 0. The highest BCUT2D eigenvalue weighted by atomic mass is 16.4. The molecule has 138 valence electrons. The number of benzene rings is 1. The molecule has 1 N–H and O–H groups in total. The molecule has 0 amide bonds. The molecule has 0 aliphatic rings. The Bertz CT molecular complexity index is 1170. The van der Waals surface area contributed by atoms with Crippen LogP contribution in [0.1, 0.15) is 0 Å². The Hall–Kier alpha value is -4.13. The van der Waals surface area contributed by atoms with Crippen LogP contribution in [0, 0.1) is 0 Å². The van der Waals surface area contributed by atoms with Gasteiger partial charge in [-0.2, -0.15) is 0 Å². The van der Waals surface area contributed by atoms with Crippen LogP contribution in [-0.4, -0.2) is 35.7 Å². The molecule has 7 nitrogen and oxygen atoms in total. The van der Waals surface area contributed by atoms with Crippen LogP contribution in [0.15, 0.2) is 98.2 Å². The number of fused-ring (bicyclic) bond motifs is 3. The summed E-state index contributed by atoms with van der Waals surface area (Å²) < 4.78 is 0.948. The van der Waals surface area contributed by atoms with Crippen LogP contribution in [0.5, 0.6) is 0 Å². The Morgan fingerprint density at radius 2 is 1.46 bits per heavy atom. The molecule has 0 saturated heterocycles. The fraction of sp³-hybridized carbons (Fsp3) is 0. The fourth-order valence-corrected chi connectivity index (χ4v) is 2.40. The third-order valence-electron chi connectivity index (χ3n) is 3.69. The highest BCUT2D eigenvalue weighted by Crippen LogP contribution is 2.20. The van der Waals surface area contributed by atoms with Crippen LogP contribution in [0.25, 0.3) is 21.7 Å². The fourth-order valence-electron chi connectivity index (χ4n) is 2.40. The Balaban J connectivity index is 2.25. The van der Waals surface area contributed by atoms with E-state index in [0.29, 0.717) is 0 Å². The summed E-state index contributed by atoms with van der Waals surface area (Å²) in [6, 6.07) is 13.1. The van der Waals surface area contributed by atoms with Crippen LogP contribution in [0.4, 0.5) is 4.79 Å². The van der Waals surface area contributed by atoms with Crippen LogP contribution in [0.2, 0.25) is 0 Å². The molecular formula is C21H17N5O2. The van der Waals surface area contributed by atoms with Crippen molar-refractivity contribution in [1.82, 2.24) is 24.5 Å². The number of nitrogens with zero attached hydrogens (tertiary/aromatic N) is 5. The molecule has 1 aromatic carbocycles. The Kier molecular flexibility index (Phi) is 6.35. The summed E-state index contributed by atoms with van der Waals surface area (Å²) >= 11 is 0. The molecule has 0 spiro atoms. The summed E-state index contributed by atoms with van der Waals surface area (Å²) in [4.78, 5) is 28.0. The second-order valence-electron chi connectivity index (χ2n) is 5.51. The summed E-state index contributed by atoms with van der Waals surface area (Å²) in [5, 5.41) is 11.9. The first-order valence-corrected chi connectivity index (χ1v) is 8.39. The molecule has 0 radical (unpaired) electrons. The number of aromatic nitrogens is 5. The van der Waals surface area contributed by atoms with E-state index in [1.165, 1.54) is 31.0 Å². The lowest BCUT2D eigenvalue weighted by atomic mass is 10.1. The maximum absolute atomic E-state index is 11.2. The number of para-hydroxylation sites is 1. The average Bonchev–Trinajstić information content (AvgIpc) is 2.71. The van der Waals surface area contributed by atoms with E-state index in [1.807, 2.05) is 30.3 Å². The van der Waals surface area contributed by atoms with Gasteiger partial charge in [0.2, 0.25) is 0 Å². The van der Waals surface area contributed by atoms with E-state index in [-0.39, 0.29) is 0 Å². The number of pyridine rings is 1. The molecule has 3 rings (SSSR count). The van der Waals surface area contributed by atoms with Crippen LogP contribution in [0.3, 0.4) is 0 Å². The van der Waals surface area contributed by atoms with Crippen molar-refractivity contribution >= 4 is 27.8 Å². The van der Waals surface area contributed by atoms with Gasteiger partial charge in [0.15, 0.2) is 0 Å². The van der Waals surface area contributed by atoms with Crippen molar-refractivity contribution in [2.75, 3.05) is 0 Å². The largest absolute Gasteiger partial charge is 0.464 e. The van der Waals surface area contributed by atoms with Crippen molar-refractivity contribution in [2.45, 2.75) is 0 Å². The van der Waals surface area contributed by atoms with Gasteiger partial charge in [0.25, 0.3) is 0 Å². The number of rotatable bonds is 0. The summed E-state index contributed by atoms with van der Waals surface area (Å²) in [6.07, 6.45) is 12.5. The lowest BCUT2D eigenvalue weighted by Gasteiger charge is -1.99. The molecule has 2 aromatic heterocycles. The third kappa shape index (κ3) is 4.95. The van der Waals surface area contributed by atoms with E-state index in [9.17, 15) is 4.79 Å². The van der Waals surface area contributed by atoms with Crippen molar-refractivity contribution in [2.24, 2.45) is 0 Å². The van der Waals surface area contributed by atoms with Gasteiger partial charge < -0.3 is 5.11 Å². The predicted molar refractivity (Wildman–Crippen MR) is 107 cm³/mol. The van der Waals surface area contributed by atoms with Crippen molar-refractivity contribution in [3.8, 4) is 0 Å². The predicted octanol–water partition coefficient (Wildman–Crippen LogP) is 4.27. The van der Waals surface area contributed by atoms with Gasteiger partial charge in [-0.05, 0) is 18.2 Å². The molecule has 0 atom stereocenters. The monoisotopic (exact) mass is 371 g/mol. The molecule has 3 aromatic rings. The second-order valence-corrected chi connectivity index (χ2v) is 5.51. The van der Waals surface area contributed by atoms with E-state index in [2.05, 4.69) is 19.9 Å². The van der Waals surface area contributed by atoms with Crippen LogP contribution in [-0.2, 0) is 0 Å². The summed E-state index contributed by atoms with van der Waals surface area (Å²) in [7, 11) is 0. The molecule has 28 heavy (non-hydrogen) atoms. The molecule has 0 aliphatic carbocycles. The Labute approximate surface area is 161 Å². The lowest BCUT2D eigenvalue weighted by molar-refractivity contribution is 0.196. The highest BCUT2D eigenvalue weighted by molar-refractivity contribution is 6.04. The first-order valence-electron chi connectivity index (χ1n) is 8.39. The van der Waals surface area contributed by atoms with Gasteiger partial charge in [0.1, 0.15) is 0 Å². The minimum Gasteiger partial charge on any atom is -0.464 e. The van der Waals surface area contributed by atoms with Crippen LogP contribution >= 0.6 is 0 Å². The third-order valence-corrected chi connectivity index (χ3v) is 3.69. The Morgan fingerprint density at radius 1 is 0.750 bits per heavy atom. The zero-order chi connectivity index (χ0) is 19.6. The Morgan fingerprint density at radius 3 is 2.25 bits per heavy atom. The summed E-state index contributed by atoms with van der Waals surface area (Å²) in [5.41, 5.74) is 0.882. The first-order chi connectivity index (χ1) is 13.8. The van der Waals surface area contributed by atoms with Gasteiger partial charge in [-0.3, -0.25) is 24.5 Å². The molecule has 7 heteroatoms. The number of hydrogen-bond acceptors (Lipinski definition) is 5. The molecule has 0 aliphatic heterocycles. The zero-order valence-electron chi connectivity index (χ0n) is 14.8. The zero-order valence-corrected chi connectivity index (χ0v) is 14.8. The normalized spacial score (nSPS) is 9.71. The maximum atomic E-state index is 11.2. The van der Waals surface area contributed by atoms with Gasteiger partial charge in [-0.1, -0.05) is 24.3 Å². The van der Waals surface area contributed by atoms with Gasteiger partial charge in [-0.15, -0.1) is 0 Å². The smallest absolute Gasteiger partial charge is 0.415 e. The quantitative estimate of drug-likeness (QED) is 0.634.